The number of aromatic nitrogens is 1. The Morgan fingerprint density at radius 1 is 1.14 bits per heavy atom. The molecule has 1 aliphatic rings. The summed E-state index contributed by atoms with van der Waals surface area (Å²) in [6.07, 6.45) is 1.57. The Morgan fingerprint density at radius 2 is 1.76 bits per heavy atom. The van der Waals surface area contributed by atoms with Crippen LogP contribution in [0.1, 0.15) is 62.6 Å². The molecule has 1 amide bonds. The summed E-state index contributed by atoms with van der Waals surface area (Å²) in [5.74, 6) is 0.109. The number of benzene rings is 1. The molecule has 0 N–H and O–H groups in total. The summed E-state index contributed by atoms with van der Waals surface area (Å²) in [4.78, 5) is 26.5. The average Bonchev–Trinajstić information content (AvgIpc) is 2.97. The van der Waals surface area contributed by atoms with E-state index in [1.54, 1.807) is 4.90 Å². The van der Waals surface area contributed by atoms with Crippen molar-refractivity contribution in [1.82, 2.24) is 9.47 Å². The number of piperidine rings is 1. The van der Waals surface area contributed by atoms with E-state index in [4.69, 9.17) is 9.47 Å². The third-order valence-corrected chi connectivity index (χ3v) is 5.83. The number of nitrogens with zero attached hydrogens (tertiary/aromatic N) is 2. The number of amides is 1. The summed E-state index contributed by atoms with van der Waals surface area (Å²) in [7, 11) is 1.42. The number of rotatable bonds is 3. The van der Waals surface area contributed by atoms with Crippen molar-refractivity contribution < 1.29 is 19.1 Å². The molecule has 1 saturated heterocycles. The Bertz CT molecular complexity index is 901. The van der Waals surface area contributed by atoms with E-state index in [1.165, 1.54) is 7.11 Å². The van der Waals surface area contributed by atoms with Crippen LogP contribution in [0.2, 0.25) is 0 Å². The highest BCUT2D eigenvalue weighted by Crippen LogP contribution is 2.36. The lowest BCUT2D eigenvalue weighted by atomic mass is 9.90. The highest BCUT2D eigenvalue weighted by Gasteiger charge is 2.32. The largest absolute Gasteiger partial charge is 0.465 e. The molecule has 3 rings (SSSR count). The highest BCUT2D eigenvalue weighted by atomic mass is 16.6. The summed E-state index contributed by atoms with van der Waals surface area (Å²) < 4.78 is 12.8. The number of hydrogen-bond acceptors (Lipinski definition) is 4. The standard InChI is InChI=1S/C23H32N2O4/c1-15(17-11-13-24(14-12-17)22(27)29-23(3,4)5)25-16(2)20(21(26)28-6)18-9-7-8-10-19(18)25/h7-10,15,17H,11-14H2,1-6H3/t15-/m1/s1. The second kappa shape index (κ2) is 8.09. The molecule has 6 nitrogen and oxygen atoms in total. The van der Waals surface area contributed by atoms with Crippen LogP contribution in [-0.2, 0) is 9.47 Å². The van der Waals surface area contributed by atoms with E-state index in [0.717, 1.165) is 29.4 Å². The normalized spacial score (nSPS) is 16.7. The molecule has 1 aromatic heterocycles. The highest BCUT2D eigenvalue weighted by molar-refractivity contribution is 6.05. The Hall–Kier alpha value is -2.50. The van der Waals surface area contributed by atoms with Gasteiger partial charge in [0.15, 0.2) is 0 Å². The first-order valence-electron chi connectivity index (χ1n) is 10.3. The van der Waals surface area contributed by atoms with E-state index in [2.05, 4.69) is 17.6 Å². The molecule has 1 aliphatic heterocycles. The van der Waals surface area contributed by atoms with E-state index in [9.17, 15) is 9.59 Å². The van der Waals surface area contributed by atoms with Gasteiger partial charge in [-0.1, -0.05) is 18.2 Å². The Labute approximate surface area is 172 Å². The molecule has 1 atom stereocenters. The zero-order chi connectivity index (χ0) is 21.3. The molecule has 1 aromatic carbocycles. The number of likely N-dealkylation sites (tertiary alicyclic amines) is 1. The first kappa shape index (κ1) is 21.2. The van der Waals surface area contributed by atoms with Crippen LogP contribution in [-0.4, -0.2) is 47.3 Å². The molecule has 1 fully saturated rings. The van der Waals surface area contributed by atoms with Crippen molar-refractivity contribution in [1.29, 1.82) is 0 Å². The van der Waals surface area contributed by atoms with Crippen molar-refractivity contribution in [2.75, 3.05) is 20.2 Å². The molecule has 0 radical (unpaired) electrons. The number of ether oxygens (including phenoxy) is 2. The monoisotopic (exact) mass is 400 g/mol. The van der Waals surface area contributed by atoms with Crippen molar-refractivity contribution in [2.24, 2.45) is 5.92 Å². The first-order chi connectivity index (χ1) is 13.6. The number of hydrogen-bond donors (Lipinski definition) is 0. The fraction of sp³-hybridized carbons (Fsp3) is 0.565. The van der Waals surface area contributed by atoms with Gasteiger partial charge in [-0.25, -0.2) is 9.59 Å². The minimum atomic E-state index is -0.479. The van der Waals surface area contributed by atoms with Crippen LogP contribution in [0.5, 0.6) is 0 Å². The molecule has 0 unspecified atom stereocenters. The Kier molecular flexibility index (Phi) is 5.92. The number of carbonyl (C=O) groups is 2. The maximum absolute atomic E-state index is 12.4. The maximum atomic E-state index is 12.4. The van der Waals surface area contributed by atoms with E-state index in [0.29, 0.717) is 24.6 Å². The molecule has 0 spiro atoms. The first-order valence-corrected chi connectivity index (χ1v) is 10.3. The summed E-state index contributed by atoms with van der Waals surface area (Å²) >= 11 is 0. The smallest absolute Gasteiger partial charge is 0.410 e. The third-order valence-electron chi connectivity index (χ3n) is 5.83. The van der Waals surface area contributed by atoms with Crippen LogP contribution in [0, 0.1) is 12.8 Å². The fourth-order valence-electron chi connectivity index (χ4n) is 4.38. The fourth-order valence-corrected chi connectivity index (χ4v) is 4.38. The second-order valence-electron chi connectivity index (χ2n) is 8.88. The molecule has 158 valence electrons. The molecule has 0 aliphatic carbocycles. The predicted molar refractivity (Wildman–Crippen MR) is 113 cm³/mol. The van der Waals surface area contributed by atoms with Crippen LogP contribution < -0.4 is 0 Å². The molecular weight excluding hydrogens is 368 g/mol. The molecule has 0 bridgehead atoms. The lowest BCUT2D eigenvalue weighted by molar-refractivity contribution is 0.0165. The van der Waals surface area contributed by atoms with Gasteiger partial charge in [0.05, 0.1) is 12.7 Å². The van der Waals surface area contributed by atoms with Crippen LogP contribution in [0.15, 0.2) is 24.3 Å². The van der Waals surface area contributed by atoms with E-state index in [1.807, 2.05) is 45.9 Å². The SMILES string of the molecule is COC(=O)c1c(C)n([C@H](C)C2CCN(C(=O)OC(C)(C)C)CC2)c2ccccc12. The summed E-state index contributed by atoms with van der Waals surface area (Å²) in [5, 5.41) is 0.926. The lowest BCUT2D eigenvalue weighted by Gasteiger charge is -2.36. The van der Waals surface area contributed by atoms with Gasteiger partial charge in [0.1, 0.15) is 5.60 Å². The van der Waals surface area contributed by atoms with Crippen molar-refractivity contribution in [3.8, 4) is 0 Å². The van der Waals surface area contributed by atoms with Crippen LogP contribution in [0.25, 0.3) is 10.9 Å². The molecule has 2 aromatic rings. The van der Waals surface area contributed by atoms with Gasteiger partial charge in [0.2, 0.25) is 0 Å². The minimum absolute atomic E-state index is 0.207. The Morgan fingerprint density at radius 3 is 2.34 bits per heavy atom. The number of methoxy groups -OCH3 is 1. The van der Waals surface area contributed by atoms with Crippen molar-refractivity contribution in [3.05, 3.63) is 35.5 Å². The van der Waals surface area contributed by atoms with Gasteiger partial charge < -0.3 is 18.9 Å². The van der Waals surface area contributed by atoms with Crippen LogP contribution >= 0.6 is 0 Å². The molecular formula is C23H32N2O4. The van der Waals surface area contributed by atoms with Crippen LogP contribution in [0.3, 0.4) is 0 Å². The number of carbonyl (C=O) groups excluding carboxylic acids is 2. The van der Waals surface area contributed by atoms with Gasteiger partial charge in [0.25, 0.3) is 0 Å². The summed E-state index contributed by atoms with van der Waals surface area (Å²) in [6, 6.07) is 8.18. The molecule has 0 saturated carbocycles. The van der Waals surface area contributed by atoms with Gasteiger partial charge in [-0.15, -0.1) is 0 Å². The van der Waals surface area contributed by atoms with Gasteiger partial charge in [-0.05, 0) is 59.4 Å². The van der Waals surface area contributed by atoms with E-state index < -0.39 is 5.60 Å². The van der Waals surface area contributed by atoms with Gasteiger partial charge in [-0.3, -0.25) is 0 Å². The molecule has 29 heavy (non-hydrogen) atoms. The zero-order valence-electron chi connectivity index (χ0n) is 18.3. The number of fused-ring (bicyclic) bond motifs is 1. The van der Waals surface area contributed by atoms with E-state index in [-0.39, 0.29) is 18.1 Å². The minimum Gasteiger partial charge on any atom is -0.465 e. The topological polar surface area (TPSA) is 60.8 Å². The number of esters is 1. The lowest BCUT2D eigenvalue weighted by Crippen LogP contribution is -2.42. The zero-order valence-corrected chi connectivity index (χ0v) is 18.3. The summed E-state index contributed by atoms with van der Waals surface area (Å²) in [6.45, 7) is 11.2. The van der Waals surface area contributed by atoms with E-state index >= 15 is 0 Å². The Balaban J connectivity index is 1.81. The predicted octanol–water partition coefficient (Wildman–Crippen LogP) is 4.94. The second-order valence-corrected chi connectivity index (χ2v) is 8.88. The number of para-hydroxylation sites is 1. The average molecular weight is 401 g/mol. The molecule has 2 heterocycles. The van der Waals surface area contributed by atoms with Crippen molar-refractivity contribution in [3.63, 3.8) is 0 Å². The third kappa shape index (κ3) is 4.26. The van der Waals surface area contributed by atoms with Crippen LogP contribution in [0.4, 0.5) is 4.79 Å². The molecule has 6 heteroatoms. The van der Waals surface area contributed by atoms with Crippen molar-refractivity contribution >= 4 is 23.0 Å². The maximum Gasteiger partial charge on any atom is 0.410 e. The van der Waals surface area contributed by atoms with Gasteiger partial charge in [-0.2, -0.15) is 0 Å². The van der Waals surface area contributed by atoms with Gasteiger partial charge in [0, 0.05) is 35.7 Å². The van der Waals surface area contributed by atoms with Crippen molar-refractivity contribution in [2.45, 2.75) is 59.1 Å². The summed E-state index contributed by atoms with van der Waals surface area (Å²) in [5.41, 5.74) is 2.14. The van der Waals surface area contributed by atoms with Gasteiger partial charge >= 0.3 is 12.1 Å². The quantitative estimate of drug-likeness (QED) is 0.685.